The zero-order valence-corrected chi connectivity index (χ0v) is 14.5. The van der Waals surface area contributed by atoms with Crippen LogP contribution in [0.2, 0.25) is 7.85 Å². The van der Waals surface area contributed by atoms with Crippen LogP contribution in [0.1, 0.15) is 6.42 Å². The Bertz CT molecular complexity index is 526. The van der Waals surface area contributed by atoms with Gasteiger partial charge in [-0.3, -0.25) is 0 Å². The van der Waals surface area contributed by atoms with Gasteiger partial charge in [-0.1, -0.05) is 0 Å². The van der Waals surface area contributed by atoms with Crippen LogP contribution in [-0.4, -0.2) is 40.6 Å². The van der Waals surface area contributed by atoms with E-state index in [1.807, 2.05) is 12.1 Å². The standard InChI is InChI=1S/C7H9NO3.C7H7O.In/c1-2-3-4-5-6(9)11-7(8)10;1-8-7-5-3-2-4-6-7;/h2-4H,1,5H2,(H2,8,10);3-6H,1H3;. The van der Waals surface area contributed by atoms with E-state index in [0.717, 1.165) is 9.93 Å². The molecule has 0 saturated carbocycles. The van der Waals surface area contributed by atoms with E-state index >= 15 is 0 Å². The Kier molecular flexibility index (Phi) is 5.11. The molecule has 6 heteroatoms. The van der Waals surface area contributed by atoms with Gasteiger partial charge in [0.1, 0.15) is 0 Å². The van der Waals surface area contributed by atoms with Gasteiger partial charge in [-0.2, -0.15) is 0 Å². The molecule has 0 fully saturated rings. The van der Waals surface area contributed by atoms with Crippen molar-refractivity contribution in [3.63, 3.8) is 0 Å². The number of carbonyl (C=O) groups is 2. The van der Waals surface area contributed by atoms with Crippen molar-refractivity contribution in [2.45, 2.75) is 14.3 Å². The number of hydrogen-bond acceptors (Lipinski definition) is 4. The SMILES string of the molecule is COc1cc[c]([In]2[CH2]C=C[CH]2CC(=O)OC(N)=O)cc1. The van der Waals surface area contributed by atoms with E-state index in [0.29, 0.717) is 0 Å². The molecule has 2 rings (SSSR count). The van der Waals surface area contributed by atoms with Gasteiger partial charge in [0.15, 0.2) is 0 Å². The average Bonchev–Trinajstić information content (AvgIpc) is 2.86. The van der Waals surface area contributed by atoms with Crippen LogP contribution in [-0.2, 0) is 9.53 Å². The second-order valence-corrected chi connectivity index (χ2v) is 13.9. The van der Waals surface area contributed by atoms with E-state index in [9.17, 15) is 9.59 Å². The van der Waals surface area contributed by atoms with Crippen molar-refractivity contribution >= 4 is 36.8 Å². The fourth-order valence-electron chi connectivity index (χ4n) is 2.50. The zero-order chi connectivity index (χ0) is 14.5. The van der Waals surface area contributed by atoms with E-state index in [1.54, 1.807) is 7.11 Å². The number of esters is 1. The van der Waals surface area contributed by atoms with Crippen molar-refractivity contribution in [2.75, 3.05) is 7.11 Å². The van der Waals surface area contributed by atoms with Crippen LogP contribution >= 0.6 is 0 Å². The molecular formula is C14H16InNO4. The topological polar surface area (TPSA) is 78.6 Å². The molecule has 104 valence electrons. The van der Waals surface area contributed by atoms with Crippen molar-refractivity contribution in [3.8, 4) is 5.75 Å². The molecular weight excluding hydrogens is 361 g/mol. The summed E-state index contributed by atoms with van der Waals surface area (Å²) in [6.07, 6.45) is 3.42. The summed E-state index contributed by atoms with van der Waals surface area (Å²) >= 11 is -2.08. The number of carbonyl (C=O) groups excluding carboxylic acids is 2. The van der Waals surface area contributed by atoms with Crippen molar-refractivity contribution < 1.29 is 19.1 Å². The van der Waals surface area contributed by atoms with Gasteiger partial charge >= 0.3 is 125 Å². The summed E-state index contributed by atoms with van der Waals surface area (Å²) in [6, 6.07) is 8.06. The van der Waals surface area contributed by atoms with Crippen molar-refractivity contribution in [1.29, 1.82) is 0 Å². The monoisotopic (exact) mass is 377 g/mol. The number of benzene rings is 1. The Morgan fingerprint density at radius 1 is 1.35 bits per heavy atom. The number of allylic oxidation sites excluding steroid dienone is 2. The minimum atomic E-state index is -2.08. The third-order valence-electron chi connectivity index (χ3n) is 3.45. The van der Waals surface area contributed by atoms with E-state index in [1.165, 1.54) is 3.32 Å². The molecule has 20 heavy (non-hydrogen) atoms. The summed E-state index contributed by atoms with van der Waals surface area (Å²) in [5, 5.41) is 0. The van der Waals surface area contributed by atoms with Gasteiger partial charge in [0.25, 0.3) is 0 Å². The normalized spacial score (nSPS) is 17.1. The van der Waals surface area contributed by atoms with Crippen LogP contribution in [0, 0.1) is 0 Å². The second-order valence-electron chi connectivity index (χ2n) is 4.70. The Labute approximate surface area is 125 Å². The summed E-state index contributed by atoms with van der Waals surface area (Å²) in [7, 11) is 1.64. The van der Waals surface area contributed by atoms with Crippen LogP contribution in [0.5, 0.6) is 5.75 Å². The molecule has 0 aromatic heterocycles. The summed E-state index contributed by atoms with van der Waals surface area (Å²) in [5.41, 5.74) is 4.85. The Morgan fingerprint density at radius 3 is 2.65 bits per heavy atom. The number of rotatable bonds is 4. The van der Waals surface area contributed by atoms with E-state index in [-0.39, 0.29) is 10.1 Å². The zero-order valence-electron chi connectivity index (χ0n) is 11.2. The number of nitrogens with two attached hydrogens (primary N) is 1. The van der Waals surface area contributed by atoms with E-state index < -0.39 is 33.5 Å². The summed E-state index contributed by atoms with van der Waals surface area (Å²) < 4.78 is 12.2. The summed E-state index contributed by atoms with van der Waals surface area (Å²) in [5.74, 6) is 0.292. The van der Waals surface area contributed by atoms with Crippen LogP contribution < -0.4 is 13.8 Å². The first-order chi connectivity index (χ1) is 9.60. The quantitative estimate of drug-likeness (QED) is 0.488. The number of ether oxygens (including phenoxy) is 2. The van der Waals surface area contributed by atoms with Crippen LogP contribution in [0.4, 0.5) is 4.79 Å². The Hall–Kier alpha value is -1.43. The molecule has 1 atom stereocenters. The molecule has 1 aliphatic rings. The van der Waals surface area contributed by atoms with Crippen LogP contribution in [0.15, 0.2) is 36.4 Å². The number of hydrogen-bond donors (Lipinski definition) is 1. The molecule has 0 spiro atoms. The van der Waals surface area contributed by atoms with Gasteiger partial charge in [-0.15, -0.1) is 0 Å². The molecule has 2 N–H and O–H groups in total. The van der Waals surface area contributed by atoms with Crippen LogP contribution in [0.25, 0.3) is 0 Å². The first-order valence-corrected chi connectivity index (χ1v) is 12.3. The molecule has 1 aromatic carbocycles. The molecule has 1 unspecified atom stereocenters. The number of methoxy groups -OCH3 is 1. The molecule has 0 bridgehead atoms. The third kappa shape index (κ3) is 3.79. The van der Waals surface area contributed by atoms with Crippen molar-refractivity contribution in [3.05, 3.63) is 36.4 Å². The minimum absolute atomic E-state index is 0.233. The molecule has 1 heterocycles. The molecule has 0 aliphatic carbocycles. The second kappa shape index (κ2) is 6.83. The third-order valence-corrected chi connectivity index (χ3v) is 13.5. The molecule has 5 nitrogen and oxygen atoms in total. The van der Waals surface area contributed by atoms with Gasteiger partial charge in [-0.25, -0.2) is 0 Å². The summed E-state index contributed by atoms with van der Waals surface area (Å²) in [6.45, 7) is 0. The van der Waals surface area contributed by atoms with Crippen molar-refractivity contribution in [2.24, 2.45) is 5.73 Å². The van der Waals surface area contributed by atoms with E-state index in [2.05, 4.69) is 29.0 Å². The molecule has 0 saturated heterocycles. The van der Waals surface area contributed by atoms with Crippen LogP contribution in [0.3, 0.4) is 0 Å². The number of amides is 1. The molecule has 1 amide bonds. The number of primary amides is 1. The molecule has 0 radical (unpaired) electrons. The van der Waals surface area contributed by atoms with Crippen molar-refractivity contribution in [1.82, 2.24) is 0 Å². The average molecular weight is 377 g/mol. The first-order valence-electron chi connectivity index (χ1n) is 6.41. The van der Waals surface area contributed by atoms with Gasteiger partial charge in [0.05, 0.1) is 0 Å². The maximum absolute atomic E-state index is 11.5. The molecule has 1 aliphatic heterocycles. The fourth-order valence-corrected chi connectivity index (χ4v) is 11.5. The van der Waals surface area contributed by atoms with Gasteiger partial charge in [0, 0.05) is 0 Å². The maximum atomic E-state index is 11.5. The van der Waals surface area contributed by atoms with Gasteiger partial charge in [-0.05, 0) is 0 Å². The Balaban J connectivity index is 2.03. The predicted molar refractivity (Wildman–Crippen MR) is 76.4 cm³/mol. The fraction of sp³-hybridized carbons (Fsp3) is 0.286. The van der Waals surface area contributed by atoms with Gasteiger partial charge in [0.2, 0.25) is 0 Å². The summed E-state index contributed by atoms with van der Waals surface area (Å²) in [4.78, 5) is 22.1. The van der Waals surface area contributed by atoms with Gasteiger partial charge < -0.3 is 0 Å². The first kappa shape index (κ1) is 15.0. The predicted octanol–water partition coefficient (Wildman–Crippen LogP) is 1.35. The molecule has 1 aromatic rings. The van der Waals surface area contributed by atoms with E-state index in [4.69, 9.17) is 10.5 Å². The Morgan fingerprint density at radius 2 is 2.05 bits per heavy atom.